The lowest BCUT2D eigenvalue weighted by Gasteiger charge is -2.05. The molecule has 1 amide bonds. The van der Waals surface area contributed by atoms with E-state index in [9.17, 15) is 4.79 Å². The molecular weight excluding hydrogens is 278 g/mol. The minimum atomic E-state index is -0.264. The molecule has 4 nitrogen and oxygen atoms in total. The molecule has 0 radical (unpaired) electrons. The van der Waals surface area contributed by atoms with Crippen molar-refractivity contribution in [2.45, 2.75) is 13.0 Å². The lowest BCUT2D eigenvalue weighted by molar-refractivity contribution is 0.0908. The molecule has 0 aliphatic heterocycles. The Morgan fingerprint density at radius 2 is 2.00 bits per heavy atom. The number of carbonyl (C=O) groups excluding carboxylic acids is 1. The molecular formula is C15H16ClNO3. The molecule has 1 N–H and O–H groups in total. The highest BCUT2D eigenvalue weighted by molar-refractivity contribution is 6.29. The molecule has 1 aromatic heterocycles. The number of hydrogen-bond acceptors (Lipinski definition) is 3. The van der Waals surface area contributed by atoms with Gasteiger partial charge in [-0.3, -0.25) is 4.79 Å². The molecule has 2 aromatic rings. The summed E-state index contributed by atoms with van der Waals surface area (Å²) in [7, 11) is 0. The predicted molar refractivity (Wildman–Crippen MR) is 76.8 cm³/mol. The van der Waals surface area contributed by atoms with E-state index < -0.39 is 0 Å². The van der Waals surface area contributed by atoms with E-state index in [1.807, 2.05) is 30.3 Å². The van der Waals surface area contributed by atoms with Crippen LogP contribution in [0.15, 0.2) is 46.9 Å². The third-order valence-electron chi connectivity index (χ3n) is 2.66. The van der Waals surface area contributed by atoms with Gasteiger partial charge in [0.15, 0.2) is 11.0 Å². The zero-order valence-corrected chi connectivity index (χ0v) is 11.7. The van der Waals surface area contributed by atoms with Gasteiger partial charge in [-0.2, -0.15) is 0 Å². The third-order valence-corrected chi connectivity index (χ3v) is 2.86. The standard InChI is InChI=1S/C15H16ClNO3/c16-14-8-7-13(20-14)15(18)17-9-4-10-19-11-12-5-2-1-3-6-12/h1-3,5-8H,4,9-11H2,(H,17,18). The normalized spacial score (nSPS) is 10.4. The molecule has 0 atom stereocenters. The summed E-state index contributed by atoms with van der Waals surface area (Å²) in [5, 5.41) is 2.95. The Bertz CT molecular complexity index is 539. The fourth-order valence-corrected chi connectivity index (χ4v) is 1.81. The van der Waals surface area contributed by atoms with Gasteiger partial charge in [0.25, 0.3) is 5.91 Å². The van der Waals surface area contributed by atoms with Gasteiger partial charge in [-0.05, 0) is 35.7 Å². The number of benzene rings is 1. The molecule has 1 aromatic carbocycles. The van der Waals surface area contributed by atoms with Gasteiger partial charge in [-0.1, -0.05) is 30.3 Å². The predicted octanol–water partition coefficient (Wildman–Crippen LogP) is 3.27. The van der Waals surface area contributed by atoms with Crippen LogP contribution in [-0.2, 0) is 11.3 Å². The second-order valence-electron chi connectivity index (χ2n) is 4.25. The van der Waals surface area contributed by atoms with Gasteiger partial charge in [0.05, 0.1) is 6.61 Å². The average molecular weight is 294 g/mol. The second-order valence-corrected chi connectivity index (χ2v) is 4.62. The van der Waals surface area contributed by atoms with Crippen LogP contribution in [-0.4, -0.2) is 19.1 Å². The SMILES string of the molecule is O=C(NCCCOCc1ccccc1)c1ccc(Cl)o1. The third kappa shape index (κ3) is 4.72. The lowest BCUT2D eigenvalue weighted by Crippen LogP contribution is -2.24. The van der Waals surface area contributed by atoms with Crippen molar-refractivity contribution in [3.8, 4) is 0 Å². The van der Waals surface area contributed by atoms with E-state index in [1.54, 1.807) is 12.1 Å². The summed E-state index contributed by atoms with van der Waals surface area (Å²) < 4.78 is 10.5. The number of amides is 1. The molecule has 1 heterocycles. The minimum Gasteiger partial charge on any atom is -0.440 e. The summed E-state index contributed by atoms with van der Waals surface area (Å²) in [6, 6.07) is 13.1. The number of furan rings is 1. The molecule has 5 heteroatoms. The van der Waals surface area contributed by atoms with Crippen LogP contribution in [0.4, 0.5) is 0 Å². The van der Waals surface area contributed by atoms with Crippen molar-refractivity contribution >= 4 is 17.5 Å². The van der Waals surface area contributed by atoms with Gasteiger partial charge in [0.2, 0.25) is 0 Å². The highest BCUT2D eigenvalue weighted by atomic mass is 35.5. The van der Waals surface area contributed by atoms with E-state index in [1.165, 1.54) is 0 Å². The van der Waals surface area contributed by atoms with Crippen LogP contribution in [0, 0.1) is 0 Å². The largest absolute Gasteiger partial charge is 0.440 e. The zero-order valence-electron chi connectivity index (χ0n) is 11.0. The first-order valence-electron chi connectivity index (χ1n) is 6.41. The van der Waals surface area contributed by atoms with Crippen molar-refractivity contribution in [2.75, 3.05) is 13.2 Å². The van der Waals surface area contributed by atoms with Gasteiger partial charge in [-0.15, -0.1) is 0 Å². The Morgan fingerprint density at radius 1 is 1.20 bits per heavy atom. The molecule has 2 rings (SSSR count). The molecule has 0 spiro atoms. The van der Waals surface area contributed by atoms with Crippen molar-refractivity contribution in [3.63, 3.8) is 0 Å². The van der Waals surface area contributed by atoms with Crippen molar-refractivity contribution in [3.05, 3.63) is 59.0 Å². The van der Waals surface area contributed by atoms with Crippen LogP contribution in [0.2, 0.25) is 5.22 Å². The van der Waals surface area contributed by atoms with E-state index in [2.05, 4.69) is 5.32 Å². The van der Waals surface area contributed by atoms with Gasteiger partial charge in [0.1, 0.15) is 0 Å². The van der Waals surface area contributed by atoms with E-state index in [0.717, 1.165) is 12.0 Å². The molecule has 20 heavy (non-hydrogen) atoms. The summed E-state index contributed by atoms with van der Waals surface area (Å²) in [6.07, 6.45) is 0.743. The van der Waals surface area contributed by atoms with Gasteiger partial charge in [0, 0.05) is 13.2 Å². The maximum absolute atomic E-state index is 11.6. The average Bonchev–Trinajstić information content (AvgIpc) is 2.90. The highest BCUT2D eigenvalue weighted by Gasteiger charge is 2.09. The number of rotatable bonds is 7. The van der Waals surface area contributed by atoms with Crippen molar-refractivity contribution in [1.82, 2.24) is 5.32 Å². The van der Waals surface area contributed by atoms with Crippen LogP contribution in [0.1, 0.15) is 22.5 Å². The van der Waals surface area contributed by atoms with Crippen molar-refractivity contribution in [1.29, 1.82) is 0 Å². The first-order valence-corrected chi connectivity index (χ1v) is 6.79. The number of nitrogens with one attached hydrogen (secondary N) is 1. The number of carbonyl (C=O) groups is 1. The van der Waals surface area contributed by atoms with Gasteiger partial charge >= 0.3 is 0 Å². The Balaban J connectivity index is 1.57. The molecule has 0 unspecified atom stereocenters. The number of halogens is 1. The first kappa shape index (κ1) is 14.6. The maximum atomic E-state index is 11.6. The van der Waals surface area contributed by atoms with Crippen LogP contribution in [0.3, 0.4) is 0 Å². The van der Waals surface area contributed by atoms with Gasteiger partial charge < -0.3 is 14.5 Å². The molecule has 0 saturated carbocycles. The Labute approximate surface area is 122 Å². The molecule has 0 aliphatic carbocycles. The van der Waals surface area contributed by atoms with Crippen LogP contribution in [0.5, 0.6) is 0 Å². The van der Waals surface area contributed by atoms with Crippen molar-refractivity contribution in [2.24, 2.45) is 0 Å². The smallest absolute Gasteiger partial charge is 0.287 e. The summed E-state index contributed by atoms with van der Waals surface area (Å²) in [6.45, 7) is 1.71. The molecule has 106 valence electrons. The Morgan fingerprint density at radius 3 is 2.70 bits per heavy atom. The fourth-order valence-electron chi connectivity index (χ4n) is 1.66. The second kappa shape index (κ2) is 7.72. The van der Waals surface area contributed by atoms with Crippen molar-refractivity contribution < 1.29 is 13.9 Å². The topological polar surface area (TPSA) is 51.5 Å². The maximum Gasteiger partial charge on any atom is 0.287 e. The highest BCUT2D eigenvalue weighted by Crippen LogP contribution is 2.12. The van der Waals surface area contributed by atoms with E-state index in [-0.39, 0.29) is 16.9 Å². The molecule has 0 saturated heterocycles. The molecule has 0 bridgehead atoms. The fraction of sp³-hybridized carbons (Fsp3) is 0.267. The first-order chi connectivity index (χ1) is 9.75. The minimum absolute atomic E-state index is 0.210. The summed E-state index contributed by atoms with van der Waals surface area (Å²) in [5.41, 5.74) is 1.14. The molecule has 0 aliphatic rings. The summed E-state index contributed by atoms with van der Waals surface area (Å²) >= 11 is 5.60. The summed E-state index contributed by atoms with van der Waals surface area (Å²) in [5.74, 6) is -0.0415. The Kier molecular flexibility index (Phi) is 5.65. The van der Waals surface area contributed by atoms with Crippen LogP contribution >= 0.6 is 11.6 Å². The van der Waals surface area contributed by atoms with Gasteiger partial charge in [-0.25, -0.2) is 0 Å². The number of hydrogen-bond donors (Lipinski definition) is 1. The van der Waals surface area contributed by atoms with E-state index >= 15 is 0 Å². The van der Waals surface area contributed by atoms with Crippen LogP contribution in [0.25, 0.3) is 0 Å². The summed E-state index contributed by atoms with van der Waals surface area (Å²) in [4.78, 5) is 11.6. The van der Waals surface area contributed by atoms with Crippen LogP contribution < -0.4 is 5.32 Å². The quantitative estimate of drug-likeness (QED) is 0.797. The zero-order chi connectivity index (χ0) is 14.2. The number of ether oxygens (including phenoxy) is 1. The monoisotopic (exact) mass is 293 g/mol. The molecule has 0 fully saturated rings. The Hall–Kier alpha value is -1.78. The van der Waals surface area contributed by atoms with E-state index in [4.69, 9.17) is 20.8 Å². The van der Waals surface area contributed by atoms with E-state index in [0.29, 0.717) is 19.8 Å². The lowest BCUT2D eigenvalue weighted by atomic mass is 10.2.